The second-order valence-electron chi connectivity index (χ2n) is 9.63. The molecule has 178 valence electrons. The third kappa shape index (κ3) is 6.41. The molecule has 0 atom stereocenters. The van der Waals surface area contributed by atoms with Crippen LogP contribution in [-0.2, 0) is 0 Å². The number of hydrogen-bond acceptors (Lipinski definition) is 4. The molecule has 0 unspecified atom stereocenters. The SMILES string of the molecule is Cc1cccc(NC(=O)NC2CCC(N3CCN(c4ccccc4OC(C)C)CC3)CC2)c1. The van der Waals surface area contributed by atoms with Gasteiger partial charge in [0.25, 0.3) is 0 Å². The third-order valence-corrected chi connectivity index (χ3v) is 6.71. The van der Waals surface area contributed by atoms with Crippen LogP contribution >= 0.6 is 0 Å². The van der Waals surface area contributed by atoms with E-state index in [0.29, 0.717) is 6.04 Å². The minimum absolute atomic E-state index is 0.0973. The Hall–Kier alpha value is -2.73. The number of benzene rings is 2. The summed E-state index contributed by atoms with van der Waals surface area (Å²) < 4.78 is 6.03. The highest BCUT2D eigenvalue weighted by Gasteiger charge is 2.29. The Balaban J connectivity index is 1.22. The number of hydrogen-bond donors (Lipinski definition) is 2. The molecule has 2 N–H and O–H groups in total. The first-order valence-corrected chi connectivity index (χ1v) is 12.4. The molecular formula is C27H38N4O2. The van der Waals surface area contributed by atoms with Gasteiger partial charge in [-0.25, -0.2) is 4.79 Å². The summed E-state index contributed by atoms with van der Waals surface area (Å²) in [6.07, 6.45) is 4.54. The molecule has 1 heterocycles. The molecule has 2 aromatic rings. The van der Waals surface area contributed by atoms with Crippen molar-refractivity contribution < 1.29 is 9.53 Å². The molecule has 2 amide bonds. The highest BCUT2D eigenvalue weighted by atomic mass is 16.5. The molecular weight excluding hydrogens is 412 g/mol. The van der Waals surface area contributed by atoms with E-state index >= 15 is 0 Å². The van der Waals surface area contributed by atoms with Crippen molar-refractivity contribution in [3.05, 3.63) is 54.1 Å². The standard InChI is InChI=1S/C27H38N4O2/c1-20(2)33-26-10-5-4-9-25(26)31-17-15-30(16-18-31)24-13-11-22(12-14-24)28-27(32)29-23-8-6-7-21(3)19-23/h4-10,19-20,22,24H,11-18H2,1-3H3,(H2,28,29,32). The van der Waals surface area contributed by atoms with Crippen molar-refractivity contribution in [2.75, 3.05) is 36.4 Å². The second-order valence-corrected chi connectivity index (χ2v) is 9.63. The Bertz CT molecular complexity index is 916. The van der Waals surface area contributed by atoms with Gasteiger partial charge in [-0.2, -0.15) is 0 Å². The Morgan fingerprint density at radius 3 is 2.39 bits per heavy atom. The van der Waals surface area contributed by atoms with E-state index in [1.807, 2.05) is 37.3 Å². The van der Waals surface area contributed by atoms with E-state index in [9.17, 15) is 4.79 Å². The van der Waals surface area contributed by atoms with Gasteiger partial charge >= 0.3 is 6.03 Å². The highest BCUT2D eigenvalue weighted by Crippen LogP contribution is 2.31. The van der Waals surface area contributed by atoms with Gasteiger partial charge in [0.2, 0.25) is 0 Å². The number of carbonyl (C=O) groups excluding carboxylic acids is 1. The van der Waals surface area contributed by atoms with Crippen LogP contribution in [0.2, 0.25) is 0 Å². The van der Waals surface area contributed by atoms with Crippen LogP contribution in [0.1, 0.15) is 45.1 Å². The van der Waals surface area contributed by atoms with Gasteiger partial charge in [0, 0.05) is 44.0 Å². The Kier molecular flexibility index (Phi) is 7.76. The lowest BCUT2D eigenvalue weighted by Crippen LogP contribution is -2.52. The summed E-state index contributed by atoms with van der Waals surface area (Å²) in [4.78, 5) is 17.5. The Labute approximate surface area is 198 Å². The largest absolute Gasteiger partial charge is 0.489 e. The third-order valence-electron chi connectivity index (χ3n) is 6.71. The van der Waals surface area contributed by atoms with E-state index in [1.165, 1.54) is 5.69 Å². The fraction of sp³-hybridized carbons (Fsp3) is 0.519. The van der Waals surface area contributed by atoms with E-state index in [1.54, 1.807) is 0 Å². The monoisotopic (exact) mass is 450 g/mol. The number of rotatable bonds is 6. The Morgan fingerprint density at radius 1 is 0.970 bits per heavy atom. The maximum absolute atomic E-state index is 12.4. The molecule has 2 aromatic carbocycles. The number of ether oxygens (including phenoxy) is 1. The zero-order chi connectivity index (χ0) is 23.2. The van der Waals surface area contributed by atoms with Crippen LogP contribution in [0.15, 0.2) is 48.5 Å². The molecule has 1 aliphatic carbocycles. The van der Waals surface area contributed by atoms with Crippen LogP contribution in [0.3, 0.4) is 0 Å². The predicted molar refractivity (Wildman–Crippen MR) is 135 cm³/mol. The smallest absolute Gasteiger partial charge is 0.319 e. The first-order chi connectivity index (χ1) is 16.0. The van der Waals surface area contributed by atoms with Gasteiger partial charge in [-0.3, -0.25) is 4.90 Å². The number of nitrogens with zero attached hydrogens (tertiary/aromatic N) is 2. The number of nitrogens with one attached hydrogen (secondary N) is 2. The second kappa shape index (κ2) is 10.9. The summed E-state index contributed by atoms with van der Waals surface area (Å²) >= 11 is 0. The fourth-order valence-corrected chi connectivity index (χ4v) is 5.06. The van der Waals surface area contributed by atoms with Crippen molar-refractivity contribution in [1.82, 2.24) is 10.2 Å². The van der Waals surface area contributed by atoms with Crippen LogP contribution in [0.5, 0.6) is 5.75 Å². The summed E-state index contributed by atoms with van der Waals surface area (Å²) in [5.41, 5.74) is 3.20. The van der Waals surface area contributed by atoms with Crippen LogP contribution in [0, 0.1) is 6.92 Å². The van der Waals surface area contributed by atoms with Gasteiger partial charge in [0.1, 0.15) is 5.75 Å². The van der Waals surface area contributed by atoms with E-state index in [0.717, 1.165) is 68.9 Å². The molecule has 0 radical (unpaired) electrons. The minimum atomic E-state index is -0.0973. The van der Waals surface area contributed by atoms with E-state index in [2.05, 4.69) is 52.5 Å². The summed E-state index contributed by atoms with van der Waals surface area (Å²) in [6, 6.07) is 17.1. The average molecular weight is 451 g/mol. The summed E-state index contributed by atoms with van der Waals surface area (Å²) in [6.45, 7) is 10.4. The Morgan fingerprint density at radius 2 is 1.70 bits per heavy atom. The molecule has 1 saturated carbocycles. The normalized spacial score (nSPS) is 21.6. The van der Waals surface area contributed by atoms with Gasteiger partial charge in [-0.05, 0) is 76.3 Å². The predicted octanol–water partition coefficient (Wildman–Crippen LogP) is 5.04. The number of anilines is 2. The van der Waals surface area contributed by atoms with Gasteiger partial charge in [0.15, 0.2) is 0 Å². The summed E-state index contributed by atoms with van der Waals surface area (Å²) in [5.74, 6) is 0.983. The maximum atomic E-state index is 12.4. The van der Waals surface area contributed by atoms with Crippen molar-refractivity contribution in [1.29, 1.82) is 0 Å². The molecule has 6 nitrogen and oxygen atoms in total. The zero-order valence-electron chi connectivity index (χ0n) is 20.2. The van der Waals surface area contributed by atoms with Crippen molar-refractivity contribution in [3.63, 3.8) is 0 Å². The molecule has 6 heteroatoms. The highest BCUT2D eigenvalue weighted by molar-refractivity contribution is 5.89. The molecule has 2 fully saturated rings. The summed E-state index contributed by atoms with van der Waals surface area (Å²) in [5, 5.41) is 6.13. The van der Waals surface area contributed by atoms with Crippen molar-refractivity contribution in [2.45, 2.75) is 64.6 Å². The summed E-state index contributed by atoms with van der Waals surface area (Å²) in [7, 11) is 0. The number of urea groups is 1. The minimum Gasteiger partial charge on any atom is -0.489 e. The maximum Gasteiger partial charge on any atom is 0.319 e. The van der Waals surface area contributed by atoms with Crippen molar-refractivity contribution in [3.8, 4) is 5.75 Å². The van der Waals surface area contributed by atoms with E-state index < -0.39 is 0 Å². The molecule has 1 aliphatic heterocycles. The van der Waals surface area contributed by atoms with Crippen LogP contribution in [0.4, 0.5) is 16.2 Å². The lowest BCUT2D eigenvalue weighted by molar-refractivity contribution is 0.137. The van der Waals surface area contributed by atoms with Gasteiger partial charge in [-0.1, -0.05) is 24.3 Å². The first-order valence-electron chi connectivity index (χ1n) is 12.4. The van der Waals surface area contributed by atoms with Gasteiger partial charge < -0.3 is 20.3 Å². The molecule has 2 aliphatic rings. The molecule has 4 rings (SSSR count). The topological polar surface area (TPSA) is 56.8 Å². The first kappa shape index (κ1) is 23.4. The van der Waals surface area contributed by atoms with Crippen molar-refractivity contribution in [2.24, 2.45) is 0 Å². The number of aryl methyl sites for hydroxylation is 1. The van der Waals surface area contributed by atoms with E-state index in [4.69, 9.17) is 4.74 Å². The van der Waals surface area contributed by atoms with Crippen LogP contribution < -0.4 is 20.3 Å². The number of piperazine rings is 1. The van der Waals surface area contributed by atoms with Crippen LogP contribution in [0.25, 0.3) is 0 Å². The molecule has 0 aromatic heterocycles. The fourth-order valence-electron chi connectivity index (χ4n) is 5.06. The van der Waals surface area contributed by atoms with E-state index in [-0.39, 0.29) is 18.2 Å². The quantitative estimate of drug-likeness (QED) is 0.648. The molecule has 0 spiro atoms. The number of carbonyl (C=O) groups is 1. The average Bonchev–Trinajstić information content (AvgIpc) is 2.80. The lowest BCUT2D eigenvalue weighted by atomic mass is 9.90. The van der Waals surface area contributed by atoms with Crippen LogP contribution in [-0.4, -0.2) is 55.3 Å². The zero-order valence-corrected chi connectivity index (χ0v) is 20.2. The van der Waals surface area contributed by atoms with Gasteiger partial charge in [-0.15, -0.1) is 0 Å². The molecule has 33 heavy (non-hydrogen) atoms. The molecule has 0 bridgehead atoms. The molecule has 1 saturated heterocycles. The van der Waals surface area contributed by atoms with Gasteiger partial charge in [0.05, 0.1) is 11.8 Å². The lowest BCUT2D eigenvalue weighted by Gasteiger charge is -2.43. The van der Waals surface area contributed by atoms with Crippen molar-refractivity contribution >= 4 is 17.4 Å². The number of para-hydroxylation sites is 2. The number of amides is 2.